The molecule has 0 aromatic heterocycles. The Bertz CT molecular complexity index is 195. The van der Waals surface area contributed by atoms with Crippen molar-refractivity contribution in [2.75, 3.05) is 6.54 Å². The highest BCUT2D eigenvalue weighted by Crippen LogP contribution is 2.31. The van der Waals surface area contributed by atoms with Crippen LogP contribution in [0.25, 0.3) is 0 Å². The molecular weight excluding hydrogens is 154 g/mol. The summed E-state index contributed by atoms with van der Waals surface area (Å²) >= 11 is 0. The van der Waals surface area contributed by atoms with Crippen LogP contribution in [0.2, 0.25) is 0 Å². The molecule has 1 atom stereocenters. The molecule has 0 aromatic rings. The SMILES string of the molecule is CC1(C(N)=O)CC(F)(F)CN1. The number of carbonyl (C=O) groups excluding carboxylic acids is 1. The fourth-order valence-electron chi connectivity index (χ4n) is 1.14. The van der Waals surface area contributed by atoms with Crippen LogP contribution in [0.3, 0.4) is 0 Å². The number of carbonyl (C=O) groups is 1. The maximum Gasteiger partial charge on any atom is 0.262 e. The molecule has 5 heteroatoms. The van der Waals surface area contributed by atoms with Gasteiger partial charge < -0.3 is 5.73 Å². The van der Waals surface area contributed by atoms with Gasteiger partial charge in [0.15, 0.2) is 0 Å². The van der Waals surface area contributed by atoms with E-state index in [1.165, 1.54) is 6.92 Å². The second kappa shape index (κ2) is 2.14. The predicted molar refractivity (Wildman–Crippen MR) is 35.2 cm³/mol. The van der Waals surface area contributed by atoms with Crippen molar-refractivity contribution in [2.24, 2.45) is 5.73 Å². The second-order valence-corrected chi connectivity index (χ2v) is 3.08. The molecule has 0 bridgehead atoms. The van der Waals surface area contributed by atoms with Crippen LogP contribution in [0, 0.1) is 0 Å². The van der Waals surface area contributed by atoms with Gasteiger partial charge in [-0.25, -0.2) is 8.78 Å². The Morgan fingerprint density at radius 2 is 2.18 bits per heavy atom. The number of rotatable bonds is 1. The van der Waals surface area contributed by atoms with Gasteiger partial charge in [-0.2, -0.15) is 0 Å². The lowest BCUT2D eigenvalue weighted by Crippen LogP contribution is -2.48. The highest BCUT2D eigenvalue weighted by molar-refractivity contribution is 5.84. The standard InChI is InChI=1S/C6H10F2N2O/c1-5(4(9)11)2-6(7,8)3-10-5/h10H,2-3H2,1H3,(H2,9,11). The van der Waals surface area contributed by atoms with Gasteiger partial charge in [0.25, 0.3) is 5.92 Å². The van der Waals surface area contributed by atoms with E-state index < -0.39 is 30.3 Å². The van der Waals surface area contributed by atoms with Gasteiger partial charge in [0.1, 0.15) is 5.54 Å². The normalized spacial score (nSPS) is 35.5. The van der Waals surface area contributed by atoms with Gasteiger partial charge in [-0.15, -0.1) is 0 Å². The molecule has 1 aliphatic heterocycles. The van der Waals surface area contributed by atoms with Crippen LogP contribution in [0.5, 0.6) is 0 Å². The minimum Gasteiger partial charge on any atom is -0.368 e. The molecule has 1 unspecified atom stereocenters. The topological polar surface area (TPSA) is 55.1 Å². The lowest BCUT2D eigenvalue weighted by atomic mass is 9.99. The molecule has 1 aliphatic rings. The Balaban J connectivity index is 2.73. The molecule has 0 spiro atoms. The van der Waals surface area contributed by atoms with Gasteiger partial charge in [-0.1, -0.05) is 0 Å². The molecule has 1 amide bonds. The van der Waals surface area contributed by atoms with Gasteiger partial charge in [-0.3, -0.25) is 10.1 Å². The van der Waals surface area contributed by atoms with E-state index in [0.29, 0.717) is 0 Å². The first-order valence-electron chi connectivity index (χ1n) is 3.28. The van der Waals surface area contributed by atoms with E-state index in [1.54, 1.807) is 0 Å². The summed E-state index contributed by atoms with van der Waals surface area (Å²) in [5, 5.41) is 2.40. The number of nitrogens with two attached hydrogens (primary N) is 1. The van der Waals surface area contributed by atoms with Crippen LogP contribution in [0.1, 0.15) is 13.3 Å². The fourth-order valence-corrected chi connectivity index (χ4v) is 1.14. The lowest BCUT2D eigenvalue weighted by molar-refractivity contribution is -0.124. The van der Waals surface area contributed by atoms with Gasteiger partial charge in [0, 0.05) is 6.42 Å². The lowest BCUT2D eigenvalue weighted by Gasteiger charge is -2.18. The first kappa shape index (κ1) is 8.39. The summed E-state index contributed by atoms with van der Waals surface area (Å²) in [4.78, 5) is 10.6. The Kier molecular flexibility index (Phi) is 1.63. The van der Waals surface area contributed by atoms with Gasteiger partial charge in [0.05, 0.1) is 6.54 Å². The Hall–Kier alpha value is -0.710. The van der Waals surface area contributed by atoms with Crippen LogP contribution in [0.15, 0.2) is 0 Å². The van der Waals surface area contributed by atoms with Crippen molar-refractivity contribution in [2.45, 2.75) is 24.8 Å². The molecule has 3 N–H and O–H groups in total. The van der Waals surface area contributed by atoms with E-state index in [4.69, 9.17) is 5.73 Å². The number of amides is 1. The molecule has 64 valence electrons. The first-order chi connectivity index (χ1) is 4.86. The second-order valence-electron chi connectivity index (χ2n) is 3.08. The Labute approximate surface area is 62.9 Å². The number of hydrogen-bond donors (Lipinski definition) is 2. The van der Waals surface area contributed by atoms with Crippen molar-refractivity contribution in [3.8, 4) is 0 Å². The monoisotopic (exact) mass is 164 g/mol. The molecule has 0 aromatic carbocycles. The Morgan fingerprint density at radius 1 is 1.64 bits per heavy atom. The largest absolute Gasteiger partial charge is 0.368 e. The maximum atomic E-state index is 12.5. The van der Waals surface area contributed by atoms with E-state index in [9.17, 15) is 13.6 Å². The molecule has 0 saturated carbocycles. The zero-order valence-electron chi connectivity index (χ0n) is 6.16. The van der Waals surface area contributed by atoms with Crippen molar-refractivity contribution >= 4 is 5.91 Å². The molecule has 1 saturated heterocycles. The molecular formula is C6H10F2N2O. The van der Waals surface area contributed by atoms with Gasteiger partial charge in [0.2, 0.25) is 5.91 Å². The van der Waals surface area contributed by atoms with Crippen molar-refractivity contribution in [3.63, 3.8) is 0 Å². The van der Waals surface area contributed by atoms with Crippen molar-refractivity contribution in [3.05, 3.63) is 0 Å². The predicted octanol–water partition coefficient (Wildman–Crippen LogP) is -0.141. The van der Waals surface area contributed by atoms with Crippen molar-refractivity contribution in [1.82, 2.24) is 5.32 Å². The molecule has 1 heterocycles. The number of halogens is 2. The molecule has 3 nitrogen and oxygen atoms in total. The zero-order valence-corrected chi connectivity index (χ0v) is 6.16. The molecule has 1 fully saturated rings. The van der Waals surface area contributed by atoms with Crippen LogP contribution < -0.4 is 11.1 Å². The number of nitrogens with one attached hydrogen (secondary N) is 1. The summed E-state index contributed by atoms with van der Waals surface area (Å²) in [5.74, 6) is -3.53. The number of primary amides is 1. The summed E-state index contributed by atoms with van der Waals surface area (Å²) in [6, 6.07) is 0. The average molecular weight is 164 g/mol. The van der Waals surface area contributed by atoms with Crippen molar-refractivity contribution < 1.29 is 13.6 Å². The van der Waals surface area contributed by atoms with Gasteiger partial charge in [-0.05, 0) is 6.92 Å². The van der Waals surface area contributed by atoms with E-state index >= 15 is 0 Å². The number of hydrogen-bond acceptors (Lipinski definition) is 2. The van der Waals surface area contributed by atoms with Gasteiger partial charge >= 0.3 is 0 Å². The molecule has 0 aliphatic carbocycles. The highest BCUT2D eigenvalue weighted by atomic mass is 19.3. The molecule has 0 radical (unpaired) electrons. The molecule has 11 heavy (non-hydrogen) atoms. The summed E-state index contributed by atoms with van der Waals surface area (Å²) in [7, 11) is 0. The third kappa shape index (κ3) is 1.48. The fraction of sp³-hybridized carbons (Fsp3) is 0.833. The summed E-state index contributed by atoms with van der Waals surface area (Å²) < 4.78 is 25.1. The van der Waals surface area contributed by atoms with Crippen molar-refractivity contribution in [1.29, 1.82) is 0 Å². The Morgan fingerprint density at radius 3 is 2.36 bits per heavy atom. The zero-order chi connectivity index (χ0) is 8.70. The third-order valence-corrected chi connectivity index (χ3v) is 1.89. The molecule has 1 rings (SSSR count). The van der Waals surface area contributed by atoms with Crippen LogP contribution in [-0.2, 0) is 4.79 Å². The van der Waals surface area contributed by atoms with Crippen LogP contribution >= 0.6 is 0 Å². The van der Waals surface area contributed by atoms with E-state index in [1.807, 2.05) is 0 Å². The average Bonchev–Trinajstić information content (AvgIpc) is 2.08. The summed E-state index contributed by atoms with van der Waals surface area (Å²) in [6.45, 7) is 0.919. The quantitative estimate of drug-likeness (QED) is 0.566. The smallest absolute Gasteiger partial charge is 0.262 e. The third-order valence-electron chi connectivity index (χ3n) is 1.89. The summed E-state index contributed by atoms with van der Waals surface area (Å²) in [6.07, 6.45) is -0.505. The minimum absolute atomic E-state index is 0.466. The first-order valence-corrected chi connectivity index (χ1v) is 3.28. The summed E-state index contributed by atoms with van der Waals surface area (Å²) in [5.41, 5.74) is 3.69. The van der Waals surface area contributed by atoms with E-state index in [0.717, 1.165) is 0 Å². The number of alkyl halides is 2. The van der Waals surface area contributed by atoms with Crippen LogP contribution in [0.4, 0.5) is 8.78 Å². The van der Waals surface area contributed by atoms with E-state index in [-0.39, 0.29) is 0 Å². The highest BCUT2D eigenvalue weighted by Gasteiger charge is 2.49. The van der Waals surface area contributed by atoms with E-state index in [2.05, 4.69) is 5.32 Å². The maximum absolute atomic E-state index is 12.5. The van der Waals surface area contributed by atoms with Crippen LogP contribution in [-0.4, -0.2) is 23.9 Å². The minimum atomic E-state index is -2.80.